The molecule has 168 valence electrons. The fourth-order valence-corrected chi connectivity index (χ4v) is 3.88. The van der Waals surface area contributed by atoms with Gasteiger partial charge in [0.1, 0.15) is 5.82 Å². The van der Waals surface area contributed by atoms with Crippen LogP contribution in [0.25, 0.3) is 0 Å². The highest BCUT2D eigenvalue weighted by Crippen LogP contribution is 2.23. The van der Waals surface area contributed by atoms with Gasteiger partial charge in [0, 0.05) is 31.4 Å². The number of halogens is 1. The molecule has 1 atom stereocenters. The Bertz CT molecular complexity index is 1060. The molecule has 0 heterocycles. The van der Waals surface area contributed by atoms with E-state index in [0.29, 0.717) is 11.4 Å². The fourth-order valence-electron chi connectivity index (χ4n) is 2.67. The molecule has 0 aliphatic rings. The first-order chi connectivity index (χ1) is 14.4. The lowest BCUT2D eigenvalue weighted by atomic mass is 10.2. The maximum Gasteiger partial charge on any atom is 0.242 e. The molecule has 0 saturated carbocycles. The molecule has 0 spiro atoms. The zero-order chi connectivity index (χ0) is 23.3. The molecule has 2 amide bonds. The van der Waals surface area contributed by atoms with E-state index in [9.17, 15) is 22.4 Å². The van der Waals surface area contributed by atoms with Crippen molar-refractivity contribution in [2.24, 2.45) is 0 Å². The van der Waals surface area contributed by atoms with E-state index in [1.54, 1.807) is 24.1 Å². The third kappa shape index (κ3) is 6.50. The Kier molecular flexibility index (Phi) is 7.75. The van der Waals surface area contributed by atoms with E-state index in [1.165, 1.54) is 44.2 Å². The van der Waals surface area contributed by atoms with Gasteiger partial charge in [-0.3, -0.25) is 9.59 Å². The van der Waals surface area contributed by atoms with Crippen LogP contribution in [0.5, 0.6) is 0 Å². The van der Waals surface area contributed by atoms with Crippen molar-refractivity contribution in [2.45, 2.75) is 44.7 Å². The van der Waals surface area contributed by atoms with Crippen LogP contribution >= 0.6 is 0 Å². The van der Waals surface area contributed by atoms with Gasteiger partial charge in [-0.25, -0.2) is 12.8 Å². The first-order valence-corrected chi connectivity index (χ1v) is 11.1. The molecule has 0 fully saturated rings. The topological polar surface area (TPSA) is 108 Å². The number of amides is 2. The number of nitrogens with zero attached hydrogens (tertiary/aromatic N) is 1. The third-order valence-electron chi connectivity index (χ3n) is 4.58. The van der Waals surface area contributed by atoms with E-state index in [2.05, 4.69) is 15.4 Å². The molecule has 0 radical (unpaired) electrons. The number of hydrogen-bond acceptors (Lipinski definition) is 5. The first kappa shape index (κ1) is 24.3. The molecule has 0 aliphatic heterocycles. The highest BCUT2D eigenvalue weighted by Gasteiger charge is 2.22. The van der Waals surface area contributed by atoms with Gasteiger partial charge in [0.2, 0.25) is 21.8 Å². The number of benzene rings is 2. The summed E-state index contributed by atoms with van der Waals surface area (Å²) in [5.41, 5.74) is 1.06. The van der Waals surface area contributed by atoms with Gasteiger partial charge in [0.25, 0.3) is 0 Å². The molecule has 2 aromatic rings. The molecular weight excluding hydrogens is 423 g/mol. The maximum atomic E-state index is 14.4. The van der Waals surface area contributed by atoms with Gasteiger partial charge in [-0.1, -0.05) is 0 Å². The van der Waals surface area contributed by atoms with Gasteiger partial charge >= 0.3 is 0 Å². The minimum atomic E-state index is -3.98. The predicted octanol–water partition coefficient (Wildman–Crippen LogP) is 2.93. The van der Waals surface area contributed by atoms with E-state index >= 15 is 0 Å². The molecule has 2 rings (SSSR count). The van der Waals surface area contributed by atoms with E-state index < -0.39 is 27.8 Å². The summed E-state index contributed by atoms with van der Waals surface area (Å²) in [5, 5.41) is 5.05. The average molecular weight is 451 g/mol. The monoisotopic (exact) mass is 450 g/mol. The van der Waals surface area contributed by atoms with Crippen molar-refractivity contribution in [2.75, 3.05) is 22.6 Å². The van der Waals surface area contributed by atoms with Crippen LogP contribution < -0.4 is 20.3 Å². The molecule has 31 heavy (non-hydrogen) atoms. The summed E-state index contributed by atoms with van der Waals surface area (Å²) in [6.45, 7) is 6.58. The molecule has 0 aromatic heterocycles. The molecule has 3 N–H and O–H groups in total. The maximum absolute atomic E-state index is 14.4. The molecule has 10 heteroatoms. The van der Waals surface area contributed by atoms with Gasteiger partial charge in [-0.15, -0.1) is 0 Å². The Morgan fingerprint density at radius 3 is 2.06 bits per heavy atom. The van der Waals surface area contributed by atoms with E-state index in [0.717, 1.165) is 0 Å². The average Bonchev–Trinajstić information content (AvgIpc) is 2.67. The Morgan fingerprint density at radius 1 is 0.968 bits per heavy atom. The van der Waals surface area contributed by atoms with Crippen LogP contribution in [0.2, 0.25) is 0 Å². The molecule has 0 aliphatic carbocycles. The van der Waals surface area contributed by atoms with Gasteiger partial charge in [-0.05, 0) is 63.2 Å². The Balaban J connectivity index is 2.06. The molecule has 2 aromatic carbocycles. The van der Waals surface area contributed by atoms with Crippen LogP contribution in [-0.2, 0) is 19.6 Å². The second-order valence-corrected chi connectivity index (χ2v) is 9.12. The number of hydrogen-bond donors (Lipinski definition) is 3. The first-order valence-electron chi connectivity index (χ1n) is 9.64. The molecule has 0 saturated heterocycles. The quantitative estimate of drug-likeness (QED) is 0.573. The van der Waals surface area contributed by atoms with Gasteiger partial charge in [-0.2, -0.15) is 4.72 Å². The Morgan fingerprint density at radius 2 is 1.55 bits per heavy atom. The zero-order valence-corrected chi connectivity index (χ0v) is 18.9. The van der Waals surface area contributed by atoms with Crippen molar-refractivity contribution in [3.63, 3.8) is 0 Å². The molecule has 8 nitrogen and oxygen atoms in total. The van der Waals surface area contributed by atoms with Crippen molar-refractivity contribution < 1.29 is 22.4 Å². The largest absolute Gasteiger partial charge is 0.370 e. The summed E-state index contributed by atoms with van der Waals surface area (Å²) in [5.74, 6) is -1.41. The minimum Gasteiger partial charge on any atom is -0.370 e. The van der Waals surface area contributed by atoms with Gasteiger partial charge in [0.15, 0.2) is 0 Å². The number of sulfonamides is 1. The van der Waals surface area contributed by atoms with Gasteiger partial charge in [0.05, 0.1) is 16.6 Å². The van der Waals surface area contributed by atoms with E-state index in [-0.39, 0.29) is 22.5 Å². The van der Waals surface area contributed by atoms with Gasteiger partial charge < -0.3 is 15.5 Å². The summed E-state index contributed by atoms with van der Waals surface area (Å²) in [6, 6.07) is 8.80. The molecular formula is C21H27FN4O4S. The van der Waals surface area contributed by atoms with Crippen LogP contribution in [0.1, 0.15) is 27.7 Å². The SMILES string of the molecule is CC(=O)Nc1ccc(S(=O)(=O)N[C@@H](C)C(=O)Nc2ccc(N(C)C(C)C)c(F)c2)cc1. The number of anilines is 3. The van der Waals surface area contributed by atoms with Crippen molar-refractivity contribution in [1.82, 2.24) is 4.72 Å². The third-order valence-corrected chi connectivity index (χ3v) is 6.14. The highest BCUT2D eigenvalue weighted by atomic mass is 32.2. The van der Waals surface area contributed by atoms with Crippen LogP contribution in [0.3, 0.4) is 0 Å². The number of carbonyl (C=O) groups is 2. The second-order valence-electron chi connectivity index (χ2n) is 7.41. The number of carbonyl (C=O) groups excluding carboxylic acids is 2. The highest BCUT2D eigenvalue weighted by molar-refractivity contribution is 7.89. The standard InChI is InChI=1S/C21H27FN4O4S/c1-13(2)26(5)20-11-8-17(12-19(20)22)24-21(28)14(3)25-31(29,30)18-9-6-16(7-10-18)23-15(4)27/h6-14,25H,1-5H3,(H,23,27)(H,24,28)/t14-/m0/s1. The fraction of sp³-hybridized carbons (Fsp3) is 0.333. The lowest BCUT2D eigenvalue weighted by Gasteiger charge is -2.24. The van der Waals surface area contributed by atoms with E-state index in [4.69, 9.17) is 0 Å². The summed E-state index contributed by atoms with van der Waals surface area (Å²) in [7, 11) is -2.22. The molecule has 0 unspecified atom stereocenters. The van der Waals surface area contributed by atoms with Crippen LogP contribution in [0, 0.1) is 5.82 Å². The summed E-state index contributed by atoms with van der Waals surface area (Å²) in [6.07, 6.45) is 0. The van der Waals surface area contributed by atoms with Crippen molar-refractivity contribution >= 4 is 38.9 Å². The summed E-state index contributed by atoms with van der Waals surface area (Å²) < 4.78 is 41.7. The lowest BCUT2D eigenvalue weighted by molar-refractivity contribution is -0.117. The second kappa shape index (κ2) is 9.88. The van der Waals surface area contributed by atoms with Crippen molar-refractivity contribution in [1.29, 1.82) is 0 Å². The smallest absolute Gasteiger partial charge is 0.242 e. The summed E-state index contributed by atoms with van der Waals surface area (Å²) in [4.78, 5) is 25.2. The van der Waals surface area contributed by atoms with Crippen LogP contribution in [-0.4, -0.2) is 39.4 Å². The number of rotatable bonds is 8. The van der Waals surface area contributed by atoms with Crippen molar-refractivity contribution in [3.05, 3.63) is 48.3 Å². The summed E-state index contributed by atoms with van der Waals surface area (Å²) >= 11 is 0. The van der Waals surface area contributed by atoms with E-state index in [1.807, 2.05) is 13.8 Å². The van der Waals surface area contributed by atoms with Crippen LogP contribution in [0.15, 0.2) is 47.4 Å². The molecule has 0 bridgehead atoms. The van der Waals surface area contributed by atoms with Crippen molar-refractivity contribution in [3.8, 4) is 0 Å². The number of nitrogens with one attached hydrogen (secondary N) is 3. The Labute approximate surface area is 181 Å². The van der Waals surface area contributed by atoms with Crippen LogP contribution in [0.4, 0.5) is 21.5 Å². The predicted molar refractivity (Wildman–Crippen MR) is 119 cm³/mol. The minimum absolute atomic E-state index is 0.0617. The lowest BCUT2D eigenvalue weighted by Crippen LogP contribution is -2.41. The normalized spacial score (nSPS) is 12.4. The zero-order valence-electron chi connectivity index (χ0n) is 18.1. The Hall–Kier alpha value is -2.98.